The molecule has 0 aliphatic rings. The van der Waals surface area contributed by atoms with E-state index in [9.17, 15) is 13.2 Å². The Bertz CT molecular complexity index is 548. The van der Waals surface area contributed by atoms with E-state index in [-0.39, 0.29) is 16.8 Å². The number of amides is 1. The van der Waals surface area contributed by atoms with Crippen molar-refractivity contribution in [1.82, 2.24) is 9.62 Å². The van der Waals surface area contributed by atoms with E-state index in [1.54, 1.807) is 24.3 Å². The number of hydrogen-bond donors (Lipinski definition) is 1. The molecule has 1 aromatic rings. The molecular weight excluding hydrogens is 276 g/mol. The highest BCUT2D eigenvalue weighted by atomic mass is 32.2. The van der Waals surface area contributed by atoms with Crippen LogP contribution in [0.15, 0.2) is 29.2 Å². The van der Waals surface area contributed by atoms with E-state index in [1.807, 2.05) is 20.8 Å². The molecule has 0 fully saturated rings. The molecule has 5 nitrogen and oxygen atoms in total. The van der Waals surface area contributed by atoms with Gasteiger partial charge >= 0.3 is 0 Å². The van der Waals surface area contributed by atoms with Gasteiger partial charge in [0.1, 0.15) is 0 Å². The summed E-state index contributed by atoms with van der Waals surface area (Å²) in [5.41, 5.74) is 0.874. The molecule has 6 heteroatoms. The molecule has 1 atom stereocenters. The largest absolute Gasteiger partial charge is 0.350 e. The summed E-state index contributed by atoms with van der Waals surface area (Å²) in [6, 6.07) is 6.49. The number of sulfonamides is 1. The molecule has 112 valence electrons. The third-order valence-electron chi connectivity index (χ3n) is 3.14. The average Bonchev–Trinajstić information content (AvgIpc) is 2.39. The van der Waals surface area contributed by atoms with Gasteiger partial charge in [0.2, 0.25) is 15.9 Å². The molecule has 0 saturated carbocycles. The zero-order chi connectivity index (χ0) is 15.3. The second-order valence-electron chi connectivity index (χ2n) is 4.58. The zero-order valence-electron chi connectivity index (χ0n) is 12.4. The Morgan fingerprint density at radius 3 is 2.10 bits per heavy atom. The summed E-state index contributed by atoms with van der Waals surface area (Å²) in [5.74, 6) is -0.114. The fourth-order valence-corrected chi connectivity index (χ4v) is 3.49. The first-order valence-corrected chi connectivity index (χ1v) is 8.14. The Balaban J connectivity index is 2.99. The molecular formula is C14H22N2O3S. The van der Waals surface area contributed by atoms with E-state index in [4.69, 9.17) is 0 Å². The van der Waals surface area contributed by atoms with Crippen molar-refractivity contribution in [2.45, 2.75) is 38.6 Å². The van der Waals surface area contributed by atoms with Gasteiger partial charge in [-0.2, -0.15) is 4.31 Å². The van der Waals surface area contributed by atoms with E-state index in [1.165, 1.54) is 11.2 Å². The molecule has 0 radical (unpaired) electrons. The van der Waals surface area contributed by atoms with Gasteiger partial charge in [-0.3, -0.25) is 4.79 Å². The van der Waals surface area contributed by atoms with Gasteiger partial charge < -0.3 is 5.32 Å². The van der Waals surface area contributed by atoms with Gasteiger partial charge in [-0.1, -0.05) is 26.0 Å². The summed E-state index contributed by atoms with van der Waals surface area (Å²) in [6.45, 7) is 7.83. The van der Waals surface area contributed by atoms with Crippen LogP contribution in [0.1, 0.15) is 39.3 Å². The monoisotopic (exact) mass is 298 g/mol. The maximum absolute atomic E-state index is 12.3. The van der Waals surface area contributed by atoms with Crippen LogP contribution in [0.5, 0.6) is 0 Å². The summed E-state index contributed by atoms with van der Waals surface area (Å²) in [7, 11) is -3.42. The number of nitrogens with zero attached hydrogens (tertiary/aromatic N) is 1. The van der Waals surface area contributed by atoms with Gasteiger partial charge in [-0.05, 0) is 24.6 Å². The lowest BCUT2D eigenvalue weighted by Crippen LogP contribution is -2.30. The van der Waals surface area contributed by atoms with Crippen LogP contribution in [-0.4, -0.2) is 31.7 Å². The van der Waals surface area contributed by atoms with Gasteiger partial charge in [-0.25, -0.2) is 8.42 Å². The lowest BCUT2D eigenvalue weighted by Gasteiger charge is -2.19. The number of rotatable bonds is 6. The molecule has 1 amide bonds. The van der Waals surface area contributed by atoms with Crippen molar-refractivity contribution in [3.63, 3.8) is 0 Å². The highest BCUT2D eigenvalue weighted by Gasteiger charge is 2.21. The lowest BCUT2D eigenvalue weighted by atomic mass is 10.1. The SMILES string of the molecule is CCN(CC)S(=O)(=O)c1ccc(C(C)NC(C)=O)cc1. The van der Waals surface area contributed by atoms with Crippen molar-refractivity contribution < 1.29 is 13.2 Å². The average molecular weight is 298 g/mol. The number of carbonyl (C=O) groups is 1. The third-order valence-corrected chi connectivity index (χ3v) is 5.21. The first-order chi connectivity index (χ1) is 9.32. The smallest absolute Gasteiger partial charge is 0.243 e. The third kappa shape index (κ3) is 3.80. The summed E-state index contributed by atoms with van der Waals surface area (Å²) < 4.78 is 26.0. The van der Waals surface area contributed by atoms with Crippen molar-refractivity contribution >= 4 is 15.9 Å². The molecule has 0 spiro atoms. The predicted molar refractivity (Wildman–Crippen MR) is 78.8 cm³/mol. The molecule has 1 unspecified atom stereocenters. The van der Waals surface area contributed by atoms with Crippen molar-refractivity contribution in [1.29, 1.82) is 0 Å². The lowest BCUT2D eigenvalue weighted by molar-refractivity contribution is -0.119. The molecule has 0 aromatic heterocycles. The van der Waals surface area contributed by atoms with E-state index in [2.05, 4.69) is 5.32 Å². The molecule has 0 aliphatic heterocycles. The number of benzene rings is 1. The predicted octanol–water partition coefficient (Wildman–Crippen LogP) is 1.91. The van der Waals surface area contributed by atoms with Gasteiger partial charge in [-0.15, -0.1) is 0 Å². The minimum absolute atomic E-state index is 0.114. The standard InChI is InChI=1S/C14H22N2O3S/c1-5-16(6-2)20(18,19)14-9-7-13(8-10-14)11(3)15-12(4)17/h7-11H,5-6H2,1-4H3,(H,15,17). The second kappa shape index (κ2) is 6.85. The quantitative estimate of drug-likeness (QED) is 0.872. The highest BCUT2D eigenvalue weighted by molar-refractivity contribution is 7.89. The zero-order valence-corrected chi connectivity index (χ0v) is 13.2. The van der Waals surface area contributed by atoms with E-state index >= 15 is 0 Å². The number of carbonyl (C=O) groups excluding carboxylic acids is 1. The Hall–Kier alpha value is -1.40. The van der Waals surface area contributed by atoms with Crippen LogP contribution in [0.3, 0.4) is 0 Å². The second-order valence-corrected chi connectivity index (χ2v) is 6.52. The normalized spacial score (nSPS) is 13.2. The van der Waals surface area contributed by atoms with Gasteiger partial charge in [0, 0.05) is 20.0 Å². The van der Waals surface area contributed by atoms with Crippen LogP contribution in [0, 0.1) is 0 Å². The first kappa shape index (κ1) is 16.7. The summed E-state index contributed by atoms with van der Waals surface area (Å²) >= 11 is 0. The molecule has 1 aromatic carbocycles. The van der Waals surface area contributed by atoms with Gasteiger partial charge in [0.05, 0.1) is 10.9 Å². The maximum Gasteiger partial charge on any atom is 0.243 e. The maximum atomic E-state index is 12.3. The molecule has 1 N–H and O–H groups in total. The Labute approximate surface area is 121 Å². The van der Waals surface area contributed by atoms with E-state index in [0.717, 1.165) is 5.56 Å². The van der Waals surface area contributed by atoms with Crippen molar-refractivity contribution in [3.8, 4) is 0 Å². The van der Waals surface area contributed by atoms with Crippen LogP contribution < -0.4 is 5.32 Å². The van der Waals surface area contributed by atoms with Crippen molar-refractivity contribution in [2.75, 3.05) is 13.1 Å². The Morgan fingerprint density at radius 2 is 1.70 bits per heavy atom. The first-order valence-electron chi connectivity index (χ1n) is 6.70. The summed E-state index contributed by atoms with van der Waals surface area (Å²) in [6.07, 6.45) is 0. The summed E-state index contributed by atoms with van der Waals surface area (Å²) in [4.78, 5) is 11.3. The van der Waals surface area contributed by atoms with Crippen molar-refractivity contribution in [3.05, 3.63) is 29.8 Å². The van der Waals surface area contributed by atoms with Crippen LogP contribution in [0.2, 0.25) is 0 Å². The van der Waals surface area contributed by atoms with E-state index < -0.39 is 10.0 Å². The number of nitrogens with one attached hydrogen (secondary N) is 1. The minimum atomic E-state index is -3.42. The molecule has 0 saturated heterocycles. The Morgan fingerprint density at radius 1 is 1.20 bits per heavy atom. The van der Waals surface area contributed by atoms with Crippen LogP contribution in [0.4, 0.5) is 0 Å². The summed E-state index contributed by atoms with van der Waals surface area (Å²) in [5, 5.41) is 2.76. The van der Waals surface area contributed by atoms with E-state index in [0.29, 0.717) is 13.1 Å². The molecule has 20 heavy (non-hydrogen) atoms. The van der Waals surface area contributed by atoms with Gasteiger partial charge in [0.25, 0.3) is 0 Å². The van der Waals surface area contributed by atoms with Crippen LogP contribution in [0.25, 0.3) is 0 Å². The molecule has 0 aliphatic carbocycles. The molecule has 1 rings (SSSR count). The van der Waals surface area contributed by atoms with Crippen molar-refractivity contribution in [2.24, 2.45) is 0 Å². The molecule has 0 heterocycles. The molecule has 0 bridgehead atoms. The minimum Gasteiger partial charge on any atom is -0.350 e. The highest BCUT2D eigenvalue weighted by Crippen LogP contribution is 2.19. The Kier molecular flexibility index (Phi) is 5.71. The fourth-order valence-electron chi connectivity index (χ4n) is 2.03. The number of hydrogen-bond acceptors (Lipinski definition) is 3. The van der Waals surface area contributed by atoms with Crippen LogP contribution in [-0.2, 0) is 14.8 Å². The topological polar surface area (TPSA) is 66.5 Å². The fraction of sp³-hybridized carbons (Fsp3) is 0.500. The van der Waals surface area contributed by atoms with Gasteiger partial charge in [0.15, 0.2) is 0 Å². The van der Waals surface area contributed by atoms with Crippen LogP contribution >= 0.6 is 0 Å².